The number of rotatable bonds is 3. The van der Waals surface area contributed by atoms with Gasteiger partial charge in [-0.3, -0.25) is 4.98 Å². The van der Waals surface area contributed by atoms with E-state index >= 15 is 0 Å². The summed E-state index contributed by atoms with van der Waals surface area (Å²) in [5.74, 6) is -0.693. The molecule has 4 rings (SSSR count). The summed E-state index contributed by atoms with van der Waals surface area (Å²) in [7, 11) is 0. The first kappa shape index (κ1) is 18.9. The van der Waals surface area contributed by atoms with Crippen molar-refractivity contribution >= 4 is 11.5 Å². The van der Waals surface area contributed by atoms with Crippen molar-refractivity contribution in [2.24, 2.45) is 0 Å². The van der Waals surface area contributed by atoms with Crippen LogP contribution < -0.4 is 0 Å². The van der Waals surface area contributed by atoms with Gasteiger partial charge in [-0.2, -0.15) is 0 Å². The van der Waals surface area contributed by atoms with E-state index in [1.54, 1.807) is 6.07 Å². The molecule has 1 atom stereocenters. The summed E-state index contributed by atoms with van der Waals surface area (Å²) >= 11 is 0. The van der Waals surface area contributed by atoms with Crippen LogP contribution in [-0.4, -0.2) is 16.1 Å². The smallest absolute Gasteiger partial charge is 0.337 e. The molecule has 0 bridgehead atoms. The first-order valence-corrected chi connectivity index (χ1v) is 10.2. The largest absolute Gasteiger partial charge is 0.478 e. The van der Waals surface area contributed by atoms with E-state index in [9.17, 15) is 4.79 Å². The molecule has 2 aromatic rings. The van der Waals surface area contributed by atoms with E-state index in [1.807, 2.05) is 6.07 Å². The number of pyridine rings is 1. The number of carboxylic acids is 1. The van der Waals surface area contributed by atoms with Gasteiger partial charge in [-0.25, -0.2) is 4.79 Å². The van der Waals surface area contributed by atoms with Crippen LogP contribution in [0, 0.1) is 0 Å². The lowest BCUT2D eigenvalue weighted by Crippen LogP contribution is -2.33. The molecule has 28 heavy (non-hydrogen) atoms. The van der Waals surface area contributed by atoms with E-state index in [4.69, 9.17) is 5.11 Å². The molecule has 2 aliphatic rings. The number of allylic oxidation sites excluding steroid dienone is 2. The molecule has 3 nitrogen and oxygen atoms in total. The van der Waals surface area contributed by atoms with E-state index in [1.165, 1.54) is 41.3 Å². The first-order valence-electron chi connectivity index (χ1n) is 10.2. The van der Waals surface area contributed by atoms with Crippen LogP contribution in [0.4, 0.5) is 0 Å². The normalized spacial score (nSPS) is 22.4. The van der Waals surface area contributed by atoms with E-state index in [0.29, 0.717) is 0 Å². The number of benzene rings is 1. The van der Waals surface area contributed by atoms with E-state index in [0.717, 1.165) is 18.5 Å². The maximum absolute atomic E-state index is 11.1. The Bertz CT molecular complexity index is 951. The zero-order chi connectivity index (χ0) is 20.1. The van der Waals surface area contributed by atoms with Crippen LogP contribution in [-0.2, 0) is 10.8 Å². The van der Waals surface area contributed by atoms with Crippen LogP contribution in [0.3, 0.4) is 0 Å². The highest BCUT2D eigenvalue weighted by Gasteiger charge is 2.37. The predicted octanol–water partition coefficient (Wildman–Crippen LogP) is 6.09. The summed E-state index contributed by atoms with van der Waals surface area (Å²) < 4.78 is 0. The van der Waals surface area contributed by atoms with Crippen molar-refractivity contribution in [3.63, 3.8) is 0 Å². The Hall–Kier alpha value is -2.42. The van der Waals surface area contributed by atoms with Gasteiger partial charge in [0.1, 0.15) is 0 Å². The average Bonchev–Trinajstić information content (AvgIpc) is 3.15. The lowest BCUT2D eigenvalue weighted by molar-refractivity contribution is 0.0696. The Kier molecular flexibility index (Phi) is 4.45. The topological polar surface area (TPSA) is 50.2 Å². The van der Waals surface area contributed by atoms with Crippen molar-refractivity contribution < 1.29 is 9.90 Å². The molecule has 2 aliphatic carbocycles. The molecule has 1 heterocycles. The zero-order valence-electron chi connectivity index (χ0n) is 17.2. The number of aromatic carboxylic acids is 1. The summed E-state index contributed by atoms with van der Waals surface area (Å²) in [6.07, 6.45) is 8.30. The zero-order valence-corrected chi connectivity index (χ0v) is 17.2. The molecule has 0 radical (unpaired) electrons. The molecule has 1 aromatic heterocycles. The van der Waals surface area contributed by atoms with Crippen molar-refractivity contribution in [3.05, 3.63) is 70.6 Å². The maximum Gasteiger partial charge on any atom is 0.337 e. The van der Waals surface area contributed by atoms with Crippen LogP contribution in [0.2, 0.25) is 0 Å². The minimum Gasteiger partial charge on any atom is -0.478 e. The number of hydrogen-bond acceptors (Lipinski definition) is 2. The van der Waals surface area contributed by atoms with Gasteiger partial charge in [-0.15, -0.1) is 0 Å². The molecule has 0 fully saturated rings. The molecule has 1 N–H and O–H groups in total. The molecular formula is C25H29NO2. The number of hydrogen-bond donors (Lipinski definition) is 1. The van der Waals surface area contributed by atoms with E-state index in [2.05, 4.69) is 57.0 Å². The predicted molar refractivity (Wildman–Crippen MR) is 113 cm³/mol. The molecule has 0 saturated carbocycles. The van der Waals surface area contributed by atoms with Crippen LogP contribution >= 0.6 is 0 Å². The van der Waals surface area contributed by atoms with Crippen molar-refractivity contribution in [1.29, 1.82) is 0 Å². The second-order valence-electron chi connectivity index (χ2n) is 9.59. The standard InChI is InChI=1S/C25H29NO2/c1-24(2)12-13-25(3,4)21-14-16(8-10-20(21)24)18-6-5-7-19(18)22-11-9-17(15-26-22)23(27)28/h6,8-11,14-15,19H,5,7,12-13H2,1-4H3,(H,27,28). The Balaban J connectivity index is 1.72. The highest BCUT2D eigenvalue weighted by atomic mass is 16.4. The van der Waals surface area contributed by atoms with Gasteiger partial charge in [0.2, 0.25) is 0 Å². The van der Waals surface area contributed by atoms with Crippen molar-refractivity contribution in [2.45, 2.75) is 70.1 Å². The second-order valence-corrected chi connectivity index (χ2v) is 9.59. The first-order chi connectivity index (χ1) is 13.2. The average molecular weight is 376 g/mol. The van der Waals surface area contributed by atoms with E-state index < -0.39 is 5.97 Å². The summed E-state index contributed by atoms with van der Waals surface area (Å²) in [6, 6.07) is 10.6. The van der Waals surface area contributed by atoms with Crippen LogP contribution in [0.15, 0.2) is 42.6 Å². The van der Waals surface area contributed by atoms with Crippen LogP contribution in [0.5, 0.6) is 0 Å². The fraction of sp³-hybridized carbons (Fsp3) is 0.440. The van der Waals surface area contributed by atoms with Gasteiger partial charge in [0.05, 0.1) is 5.56 Å². The fourth-order valence-corrected chi connectivity index (χ4v) is 4.84. The molecule has 0 amide bonds. The quantitative estimate of drug-likeness (QED) is 0.706. The number of carbonyl (C=O) groups is 1. The molecule has 1 aromatic carbocycles. The minimum absolute atomic E-state index is 0.191. The van der Waals surface area contributed by atoms with Crippen molar-refractivity contribution in [3.8, 4) is 0 Å². The number of nitrogens with zero attached hydrogens (tertiary/aromatic N) is 1. The third-order valence-electron chi connectivity index (χ3n) is 6.77. The summed E-state index contributed by atoms with van der Waals surface area (Å²) in [4.78, 5) is 15.6. The van der Waals surface area contributed by atoms with Crippen molar-refractivity contribution in [1.82, 2.24) is 4.98 Å². The molecule has 0 spiro atoms. The number of fused-ring (bicyclic) bond motifs is 1. The lowest BCUT2D eigenvalue weighted by Gasteiger charge is -2.42. The molecule has 3 heteroatoms. The van der Waals surface area contributed by atoms with Gasteiger partial charge in [-0.05, 0) is 70.9 Å². The van der Waals surface area contributed by atoms with Gasteiger partial charge in [-0.1, -0.05) is 52.0 Å². The number of carboxylic acid groups (broad SMARTS) is 1. The summed E-state index contributed by atoms with van der Waals surface area (Å²) in [5, 5.41) is 9.12. The van der Waals surface area contributed by atoms with Crippen LogP contribution in [0.25, 0.3) is 5.57 Å². The molecule has 0 saturated heterocycles. The second kappa shape index (κ2) is 6.58. The van der Waals surface area contributed by atoms with Gasteiger partial charge < -0.3 is 5.11 Å². The molecule has 0 aliphatic heterocycles. The highest BCUT2D eigenvalue weighted by Crippen LogP contribution is 2.48. The Morgan fingerprint density at radius 2 is 1.75 bits per heavy atom. The monoisotopic (exact) mass is 375 g/mol. The Morgan fingerprint density at radius 3 is 2.39 bits per heavy atom. The van der Waals surface area contributed by atoms with E-state index in [-0.39, 0.29) is 22.3 Å². The van der Waals surface area contributed by atoms with Crippen LogP contribution in [0.1, 0.15) is 92.0 Å². The Morgan fingerprint density at radius 1 is 1.04 bits per heavy atom. The fourth-order valence-electron chi connectivity index (χ4n) is 4.84. The summed E-state index contributed by atoms with van der Waals surface area (Å²) in [5.41, 5.74) is 7.19. The Labute approximate surface area is 167 Å². The van der Waals surface area contributed by atoms with Gasteiger partial charge >= 0.3 is 5.97 Å². The highest BCUT2D eigenvalue weighted by molar-refractivity contribution is 5.87. The van der Waals surface area contributed by atoms with Gasteiger partial charge in [0, 0.05) is 17.8 Å². The number of aromatic nitrogens is 1. The third kappa shape index (κ3) is 3.17. The molecule has 1 unspecified atom stereocenters. The molecular weight excluding hydrogens is 346 g/mol. The summed E-state index contributed by atoms with van der Waals surface area (Å²) in [6.45, 7) is 9.42. The maximum atomic E-state index is 11.1. The van der Waals surface area contributed by atoms with Gasteiger partial charge in [0.15, 0.2) is 0 Å². The minimum atomic E-state index is -0.930. The molecule has 146 valence electrons. The lowest BCUT2D eigenvalue weighted by atomic mass is 9.62. The third-order valence-corrected chi connectivity index (χ3v) is 6.77. The van der Waals surface area contributed by atoms with Crippen molar-refractivity contribution in [2.75, 3.05) is 0 Å². The van der Waals surface area contributed by atoms with Gasteiger partial charge in [0.25, 0.3) is 0 Å². The SMILES string of the molecule is CC1(C)CCC(C)(C)c2cc(C3=CCCC3c3ccc(C(=O)O)cn3)ccc21.